The largest absolute Gasteiger partial charge is 0.342 e. The van der Waals surface area contributed by atoms with Gasteiger partial charge in [-0.15, -0.1) is 11.8 Å². The van der Waals surface area contributed by atoms with E-state index < -0.39 is 0 Å². The molecule has 3 aliphatic rings. The zero-order valence-electron chi connectivity index (χ0n) is 22.6. The van der Waals surface area contributed by atoms with Crippen LogP contribution in [0.25, 0.3) is 0 Å². The maximum Gasteiger partial charge on any atom is 0.322 e. The van der Waals surface area contributed by atoms with Crippen LogP contribution in [-0.2, 0) is 16.1 Å². The van der Waals surface area contributed by atoms with Crippen LogP contribution in [0.1, 0.15) is 61.6 Å². The van der Waals surface area contributed by atoms with Gasteiger partial charge in [0.25, 0.3) is 0 Å². The Morgan fingerprint density at radius 3 is 2.58 bits per heavy atom. The second kappa shape index (κ2) is 11.4. The zero-order chi connectivity index (χ0) is 26.8. The number of rotatable bonds is 7. The van der Waals surface area contributed by atoms with Crippen molar-refractivity contribution < 1.29 is 14.4 Å². The first-order valence-corrected chi connectivity index (χ1v) is 14.7. The van der Waals surface area contributed by atoms with Crippen molar-refractivity contribution in [3.8, 4) is 0 Å². The lowest BCUT2D eigenvalue weighted by atomic mass is 10.0. The van der Waals surface area contributed by atoms with Crippen LogP contribution >= 0.6 is 11.8 Å². The molecule has 0 radical (unpaired) electrons. The molecular formula is C30H38N4O3S. The van der Waals surface area contributed by atoms with Crippen LogP contribution in [0.3, 0.4) is 0 Å². The molecule has 0 saturated carbocycles. The molecule has 2 unspecified atom stereocenters. The van der Waals surface area contributed by atoms with Gasteiger partial charge >= 0.3 is 6.03 Å². The van der Waals surface area contributed by atoms with Crippen LogP contribution in [0.4, 0.5) is 10.5 Å². The molecule has 8 heteroatoms. The van der Waals surface area contributed by atoms with Crippen LogP contribution in [-0.4, -0.2) is 63.5 Å². The van der Waals surface area contributed by atoms with Crippen molar-refractivity contribution in [3.05, 3.63) is 65.2 Å². The van der Waals surface area contributed by atoms with Crippen LogP contribution in [0.2, 0.25) is 0 Å². The van der Waals surface area contributed by atoms with Gasteiger partial charge < -0.3 is 20.0 Å². The molecule has 4 amide bonds. The maximum atomic E-state index is 13.5. The number of carbonyl (C=O) groups excluding carboxylic acids is 3. The molecular weight excluding hydrogens is 496 g/mol. The summed E-state index contributed by atoms with van der Waals surface area (Å²) in [5, 5.41) is 2.59. The molecule has 2 aromatic rings. The van der Waals surface area contributed by atoms with Crippen LogP contribution < -0.4 is 5.32 Å². The molecule has 3 heterocycles. The minimum Gasteiger partial charge on any atom is -0.342 e. The highest BCUT2D eigenvalue weighted by molar-refractivity contribution is 8.01. The lowest BCUT2D eigenvalue weighted by Crippen LogP contribution is -2.51. The Kier molecular flexibility index (Phi) is 7.98. The predicted molar refractivity (Wildman–Crippen MR) is 152 cm³/mol. The van der Waals surface area contributed by atoms with Crippen LogP contribution in [0.15, 0.2) is 48.5 Å². The fourth-order valence-electron chi connectivity index (χ4n) is 5.66. The number of benzene rings is 2. The van der Waals surface area contributed by atoms with Gasteiger partial charge in [0, 0.05) is 44.3 Å². The second-order valence-corrected chi connectivity index (χ2v) is 12.4. The number of hydrogen-bond donors (Lipinski definition) is 1. The number of carbonyl (C=O) groups is 3. The highest BCUT2D eigenvalue weighted by atomic mass is 32.2. The minimum absolute atomic E-state index is 0.0384. The van der Waals surface area contributed by atoms with Gasteiger partial charge in [0.15, 0.2) is 0 Å². The molecule has 0 aromatic heterocycles. The van der Waals surface area contributed by atoms with E-state index in [4.69, 9.17) is 0 Å². The molecule has 7 nitrogen and oxygen atoms in total. The Labute approximate surface area is 229 Å². The summed E-state index contributed by atoms with van der Waals surface area (Å²) in [5.41, 5.74) is 4.30. The molecule has 5 rings (SSSR count). The third-order valence-electron chi connectivity index (χ3n) is 7.89. The number of likely N-dealkylation sites (tertiary alicyclic amines) is 1. The summed E-state index contributed by atoms with van der Waals surface area (Å²) >= 11 is 1.62. The number of urea groups is 1. The highest BCUT2D eigenvalue weighted by Gasteiger charge is 2.42. The van der Waals surface area contributed by atoms with Gasteiger partial charge in [-0.25, -0.2) is 4.79 Å². The zero-order valence-corrected chi connectivity index (χ0v) is 23.4. The summed E-state index contributed by atoms with van der Waals surface area (Å²) in [6.45, 7) is 8.94. The summed E-state index contributed by atoms with van der Waals surface area (Å²) in [6, 6.07) is 16.3. The number of para-hydroxylation sites is 1. The van der Waals surface area contributed by atoms with Crippen molar-refractivity contribution in [1.29, 1.82) is 0 Å². The number of amides is 4. The number of nitrogens with one attached hydrogen (secondary N) is 1. The topological polar surface area (TPSA) is 73.0 Å². The van der Waals surface area contributed by atoms with E-state index in [2.05, 4.69) is 44.3 Å². The van der Waals surface area contributed by atoms with E-state index in [9.17, 15) is 14.4 Å². The van der Waals surface area contributed by atoms with E-state index in [-0.39, 0.29) is 40.9 Å². The number of hydrogen-bond acceptors (Lipinski definition) is 4. The van der Waals surface area contributed by atoms with Gasteiger partial charge in [-0.1, -0.05) is 61.9 Å². The van der Waals surface area contributed by atoms with E-state index in [0.29, 0.717) is 32.1 Å². The SMILES string of the molecule is Cc1cccc(C2SC(CC(=O)N3CCC(N4Cc5ccccc5NC4=O)CC3)C(=O)N2CCC(C)C)c1. The van der Waals surface area contributed by atoms with E-state index >= 15 is 0 Å². The van der Waals surface area contributed by atoms with Gasteiger partial charge in [-0.3, -0.25) is 9.59 Å². The van der Waals surface area contributed by atoms with Crippen LogP contribution in [0, 0.1) is 12.8 Å². The lowest BCUT2D eigenvalue weighted by molar-refractivity contribution is -0.137. The third kappa shape index (κ3) is 5.70. The maximum absolute atomic E-state index is 13.5. The van der Waals surface area contributed by atoms with Crippen LogP contribution in [0.5, 0.6) is 0 Å². The van der Waals surface area contributed by atoms with Gasteiger partial charge in [-0.2, -0.15) is 0 Å². The van der Waals surface area contributed by atoms with Gasteiger partial charge in [-0.05, 0) is 49.3 Å². The van der Waals surface area contributed by atoms with Crippen molar-refractivity contribution >= 4 is 35.3 Å². The Morgan fingerprint density at radius 2 is 1.84 bits per heavy atom. The Morgan fingerprint density at radius 1 is 1.08 bits per heavy atom. The number of fused-ring (bicyclic) bond motifs is 1. The molecule has 0 spiro atoms. The predicted octanol–water partition coefficient (Wildman–Crippen LogP) is 5.41. The van der Waals surface area contributed by atoms with E-state index in [0.717, 1.165) is 36.1 Å². The summed E-state index contributed by atoms with van der Waals surface area (Å²) in [6.07, 6.45) is 2.67. The normalized spacial score (nSPS) is 22.2. The van der Waals surface area contributed by atoms with Crippen molar-refractivity contribution in [1.82, 2.24) is 14.7 Å². The number of nitrogens with zero attached hydrogens (tertiary/aromatic N) is 3. The van der Waals surface area contributed by atoms with Crippen molar-refractivity contribution in [2.24, 2.45) is 5.92 Å². The molecule has 3 aliphatic heterocycles. The van der Waals surface area contributed by atoms with Gasteiger partial charge in [0.05, 0.1) is 5.25 Å². The Balaban J connectivity index is 1.20. The van der Waals surface area contributed by atoms with Crippen molar-refractivity contribution in [2.45, 2.75) is 69.7 Å². The summed E-state index contributed by atoms with van der Waals surface area (Å²) in [4.78, 5) is 45.3. The molecule has 2 atom stereocenters. The molecule has 0 bridgehead atoms. The Hall–Kier alpha value is -3.00. The monoisotopic (exact) mass is 534 g/mol. The van der Waals surface area contributed by atoms with E-state index in [1.54, 1.807) is 11.8 Å². The highest BCUT2D eigenvalue weighted by Crippen LogP contribution is 2.45. The van der Waals surface area contributed by atoms with Gasteiger partial charge in [0.1, 0.15) is 5.37 Å². The quantitative estimate of drug-likeness (QED) is 0.515. The lowest BCUT2D eigenvalue weighted by Gasteiger charge is -2.40. The van der Waals surface area contributed by atoms with E-state index in [1.165, 1.54) is 5.56 Å². The van der Waals surface area contributed by atoms with Gasteiger partial charge in [0.2, 0.25) is 11.8 Å². The van der Waals surface area contributed by atoms with Crippen molar-refractivity contribution in [3.63, 3.8) is 0 Å². The average molecular weight is 535 g/mol. The molecule has 1 N–H and O–H groups in total. The summed E-state index contributed by atoms with van der Waals surface area (Å²) < 4.78 is 0. The standard InChI is InChI=1S/C30H38N4O3S/c1-20(2)11-16-33-28(36)26(38-29(33)22-9-6-7-21(3)17-22)18-27(35)32-14-12-24(13-15-32)34-19-23-8-4-5-10-25(23)31-30(34)37/h4-10,17,20,24,26,29H,11-16,18-19H2,1-3H3,(H,31,37). The third-order valence-corrected chi connectivity index (χ3v) is 9.37. The first-order chi connectivity index (χ1) is 18.3. The molecule has 2 saturated heterocycles. The van der Waals surface area contributed by atoms with Crippen molar-refractivity contribution in [2.75, 3.05) is 25.0 Å². The molecule has 38 heavy (non-hydrogen) atoms. The summed E-state index contributed by atoms with van der Waals surface area (Å²) in [5.74, 6) is 0.619. The van der Waals surface area contributed by atoms with E-state index in [1.807, 2.05) is 45.0 Å². The fourth-order valence-corrected chi connectivity index (χ4v) is 7.12. The number of anilines is 1. The average Bonchev–Trinajstić information content (AvgIpc) is 3.21. The summed E-state index contributed by atoms with van der Waals surface area (Å²) in [7, 11) is 0. The number of thioether (sulfide) groups is 1. The molecule has 2 fully saturated rings. The Bertz CT molecular complexity index is 1190. The molecule has 0 aliphatic carbocycles. The minimum atomic E-state index is -0.359. The second-order valence-electron chi connectivity index (χ2n) is 11.1. The molecule has 2 aromatic carbocycles. The molecule has 202 valence electrons. The number of aryl methyl sites for hydroxylation is 1. The fraction of sp³-hybridized carbons (Fsp3) is 0.500. The first kappa shape index (κ1) is 26.6. The number of piperidine rings is 1. The smallest absolute Gasteiger partial charge is 0.322 e. The first-order valence-electron chi connectivity index (χ1n) is 13.8.